The van der Waals surface area contributed by atoms with Crippen LogP contribution < -0.4 is 16.4 Å². The molecule has 5 N–H and O–H groups in total. The lowest BCUT2D eigenvalue weighted by atomic mass is 10.1. The summed E-state index contributed by atoms with van der Waals surface area (Å²) in [5.74, 6) is -1.49. The van der Waals surface area contributed by atoms with E-state index in [1.54, 1.807) is 24.0 Å². The van der Waals surface area contributed by atoms with Crippen LogP contribution in [0.4, 0.5) is 4.79 Å². The van der Waals surface area contributed by atoms with E-state index in [0.29, 0.717) is 32.7 Å². The molecule has 14 heteroatoms. The number of alkyl carbamates (subject to hydrolysis) is 1. The molecule has 41 heavy (non-hydrogen) atoms. The molecule has 13 nitrogen and oxygen atoms in total. The highest BCUT2D eigenvalue weighted by Gasteiger charge is 2.30. The summed E-state index contributed by atoms with van der Waals surface area (Å²) in [6.45, 7) is 5.69. The summed E-state index contributed by atoms with van der Waals surface area (Å²) < 4.78 is 15.9. The topological polar surface area (TPSA) is 176 Å². The van der Waals surface area contributed by atoms with Gasteiger partial charge in [-0.05, 0) is 18.9 Å². The fourth-order valence-electron chi connectivity index (χ4n) is 4.01. The molecule has 1 saturated heterocycles. The molecular weight excluding hydrogens is 556 g/mol. The number of esters is 1. The minimum atomic E-state index is -1.22. The maximum Gasteiger partial charge on any atom is 0.408 e. The van der Waals surface area contributed by atoms with Crippen LogP contribution in [0.15, 0.2) is 30.3 Å². The normalized spacial score (nSPS) is 15.1. The van der Waals surface area contributed by atoms with Crippen molar-refractivity contribution in [1.82, 2.24) is 20.4 Å². The zero-order valence-corrected chi connectivity index (χ0v) is 24.6. The van der Waals surface area contributed by atoms with Crippen molar-refractivity contribution in [3.63, 3.8) is 0 Å². The van der Waals surface area contributed by atoms with Crippen molar-refractivity contribution in [3.05, 3.63) is 35.9 Å². The van der Waals surface area contributed by atoms with E-state index in [1.807, 2.05) is 25.1 Å². The van der Waals surface area contributed by atoms with Gasteiger partial charge in [-0.2, -0.15) is 0 Å². The third-order valence-electron chi connectivity index (χ3n) is 6.18. The number of halogens is 1. The second kappa shape index (κ2) is 19.5. The van der Waals surface area contributed by atoms with Gasteiger partial charge < -0.3 is 40.4 Å². The minimum absolute atomic E-state index is 0. The molecule has 1 unspecified atom stereocenters. The molecule has 1 aliphatic rings. The van der Waals surface area contributed by atoms with E-state index in [1.165, 1.54) is 4.90 Å². The number of carbonyl (C=O) groups is 4. The summed E-state index contributed by atoms with van der Waals surface area (Å²) in [7, 11) is 0. The molecule has 2 atom stereocenters. The van der Waals surface area contributed by atoms with E-state index in [0.717, 1.165) is 12.0 Å². The quantitative estimate of drug-likeness (QED) is 0.132. The molecule has 1 aromatic rings. The number of amides is 3. The van der Waals surface area contributed by atoms with Crippen molar-refractivity contribution in [2.75, 3.05) is 45.9 Å². The van der Waals surface area contributed by atoms with Gasteiger partial charge in [0.2, 0.25) is 11.8 Å². The molecule has 3 amide bonds. The molecule has 0 bridgehead atoms. The summed E-state index contributed by atoms with van der Waals surface area (Å²) in [5, 5.41) is 12.9. The summed E-state index contributed by atoms with van der Waals surface area (Å²) in [6, 6.07) is 7.84. The lowest BCUT2D eigenvalue weighted by molar-refractivity contribution is -0.144. The van der Waals surface area contributed by atoms with E-state index >= 15 is 0 Å². The number of nitrogens with two attached hydrogens (primary N) is 1. The third-order valence-corrected chi connectivity index (χ3v) is 6.18. The van der Waals surface area contributed by atoms with Crippen molar-refractivity contribution in [1.29, 1.82) is 5.41 Å². The summed E-state index contributed by atoms with van der Waals surface area (Å²) in [4.78, 5) is 54.1. The first-order chi connectivity index (χ1) is 19.2. The Balaban J connectivity index is 0.00000840. The van der Waals surface area contributed by atoms with Gasteiger partial charge in [-0.1, -0.05) is 43.7 Å². The molecule has 1 fully saturated rings. The predicted molar refractivity (Wildman–Crippen MR) is 154 cm³/mol. The van der Waals surface area contributed by atoms with E-state index in [2.05, 4.69) is 10.6 Å². The maximum absolute atomic E-state index is 13.5. The number of unbranched alkanes of at least 4 members (excludes halogenated alkanes) is 1. The van der Waals surface area contributed by atoms with E-state index in [9.17, 15) is 19.2 Å². The van der Waals surface area contributed by atoms with Crippen LogP contribution in [0.2, 0.25) is 0 Å². The number of hydrogen-bond acceptors (Lipinski definition) is 8. The molecule has 1 heterocycles. The summed E-state index contributed by atoms with van der Waals surface area (Å²) in [6.07, 6.45) is -0.0952. The molecule has 0 saturated carbocycles. The fraction of sp³-hybridized carbons (Fsp3) is 0.593. The Morgan fingerprint density at radius 1 is 1.17 bits per heavy atom. The Hall–Kier alpha value is -3.58. The average Bonchev–Trinajstić information content (AvgIpc) is 2.95. The van der Waals surface area contributed by atoms with Gasteiger partial charge in [-0.25, -0.2) is 4.79 Å². The van der Waals surface area contributed by atoms with Crippen molar-refractivity contribution in [3.8, 4) is 0 Å². The predicted octanol–water partition coefficient (Wildman–Crippen LogP) is 1.39. The van der Waals surface area contributed by atoms with Crippen LogP contribution in [0.25, 0.3) is 0 Å². The standard InChI is InChI=1S/C27H42N6O7.ClH/c1-3-5-12-32(13-11-24(35)38-4-2)25(36)22(31-27(37)40-19-20-9-7-6-8-10-20)16-23(34)30-17-21-18-33(26(28)29)14-15-39-21;/h6-10,21-22H,3-5,11-19H2,1-2H3,(H3,28,29)(H,30,34)(H,31,37);1H/t21?,22-;/m0./s1. The maximum atomic E-state index is 13.5. The molecule has 0 radical (unpaired) electrons. The van der Waals surface area contributed by atoms with Crippen LogP contribution >= 0.6 is 12.4 Å². The van der Waals surface area contributed by atoms with Crippen LogP contribution in [0.5, 0.6) is 0 Å². The van der Waals surface area contributed by atoms with Gasteiger partial charge in [0.05, 0.1) is 32.2 Å². The Morgan fingerprint density at radius 2 is 1.90 bits per heavy atom. The highest BCUT2D eigenvalue weighted by Crippen LogP contribution is 2.08. The van der Waals surface area contributed by atoms with Crippen molar-refractivity contribution < 1.29 is 33.4 Å². The lowest BCUT2D eigenvalue weighted by Crippen LogP contribution is -2.53. The molecule has 2 rings (SSSR count). The zero-order valence-electron chi connectivity index (χ0n) is 23.8. The Kier molecular flexibility index (Phi) is 16.8. The number of benzene rings is 1. The van der Waals surface area contributed by atoms with Gasteiger partial charge in [-0.15, -0.1) is 12.4 Å². The second-order valence-electron chi connectivity index (χ2n) is 9.32. The highest BCUT2D eigenvalue weighted by molar-refractivity contribution is 5.91. The smallest absolute Gasteiger partial charge is 0.408 e. The van der Waals surface area contributed by atoms with E-state index < -0.39 is 29.9 Å². The van der Waals surface area contributed by atoms with Crippen LogP contribution in [-0.4, -0.2) is 97.7 Å². The summed E-state index contributed by atoms with van der Waals surface area (Å²) in [5.41, 5.74) is 6.33. The van der Waals surface area contributed by atoms with Crippen LogP contribution in [0.1, 0.15) is 45.1 Å². The summed E-state index contributed by atoms with van der Waals surface area (Å²) >= 11 is 0. The van der Waals surface area contributed by atoms with Crippen molar-refractivity contribution >= 4 is 42.2 Å². The largest absolute Gasteiger partial charge is 0.466 e. The van der Waals surface area contributed by atoms with E-state index in [-0.39, 0.29) is 63.6 Å². The van der Waals surface area contributed by atoms with Gasteiger partial charge in [0.1, 0.15) is 12.6 Å². The Bertz CT molecular complexity index is 984. The van der Waals surface area contributed by atoms with Crippen LogP contribution in [0, 0.1) is 5.41 Å². The number of morpholine rings is 1. The number of nitrogens with one attached hydrogen (secondary N) is 3. The number of guanidine groups is 1. The van der Waals surface area contributed by atoms with Gasteiger partial charge in [0, 0.05) is 32.7 Å². The molecular formula is C27H43ClN6O7. The van der Waals surface area contributed by atoms with Crippen molar-refractivity contribution in [2.24, 2.45) is 5.73 Å². The molecule has 0 aliphatic carbocycles. The molecule has 1 aliphatic heterocycles. The van der Waals surface area contributed by atoms with Crippen molar-refractivity contribution in [2.45, 2.75) is 58.3 Å². The number of hydrogen-bond donors (Lipinski definition) is 4. The average molecular weight is 599 g/mol. The number of rotatable bonds is 15. The van der Waals surface area contributed by atoms with Gasteiger partial charge in [0.25, 0.3) is 0 Å². The third kappa shape index (κ3) is 13.6. The van der Waals surface area contributed by atoms with Crippen LogP contribution in [0.3, 0.4) is 0 Å². The molecule has 1 aromatic carbocycles. The SMILES string of the molecule is CCCCN(CCC(=O)OCC)C(=O)[C@H](CC(=O)NCC1CN(C(=N)N)CCO1)NC(=O)OCc1ccccc1.Cl. The Morgan fingerprint density at radius 3 is 2.56 bits per heavy atom. The zero-order chi connectivity index (χ0) is 29.3. The first-order valence-corrected chi connectivity index (χ1v) is 13.6. The van der Waals surface area contributed by atoms with Gasteiger partial charge in [-0.3, -0.25) is 19.8 Å². The van der Waals surface area contributed by atoms with Crippen LogP contribution in [-0.2, 0) is 35.2 Å². The molecule has 0 aromatic heterocycles. The first-order valence-electron chi connectivity index (χ1n) is 13.6. The number of nitrogens with zero attached hydrogens (tertiary/aromatic N) is 2. The first kappa shape index (κ1) is 35.4. The van der Waals surface area contributed by atoms with E-state index in [4.69, 9.17) is 25.4 Å². The molecule has 230 valence electrons. The lowest BCUT2D eigenvalue weighted by Gasteiger charge is -2.33. The highest BCUT2D eigenvalue weighted by atomic mass is 35.5. The number of carbonyl (C=O) groups excluding carboxylic acids is 4. The van der Waals surface area contributed by atoms with Gasteiger partial charge >= 0.3 is 12.1 Å². The van der Waals surface area contributed by atoms with Gasteiger partial charge in [0.15, 0.2) is 5.96 Å². The minimum Gasteiger partial charge on any atom is -0.466 e. The Labute approximate surface area is 247 Å². The fourth-order valence-corrected chi connectivity index (χ4v) is 4.01. The number of ether oxygens (including phenoxy) is 3. The second-order valence-corrected chi connectivity index (χ2v) is 9.32. The monoisotopic (exact) mass is 598 g/mol. The molecule has 0 spiro atoms.